The molecule has 1 saturated heterocycles. The molecule has 2 heteroatoms. The number of anilines is 1. The van der Waals surface area contributed by atoms with Gasteiger partial charge in [0.15, 0.2) is 0 Å². The molecule has 0 aliphatic carbocycles. The fourth-order valence-electron chi connectivity index (χ4n) is 2.75. The maximum Gasteiger partial charge on any atom is 0.0368 e. The molecule has 2 atom stereocenters. The van der Waals surface area contributed by atoms with Crippen molar-refractivity contribution in [1.82, 2.24) is 0 Å². The molecule has 0 spiro atoms. The van der Waals surface area contributed by atoms with Crippen LogP contribution in [-0.2, 0) is 0 Å². The number of hydrogen-bond acceptors (Lipinski definition) is 2. The number of nitrogens with zero attached hydrogens (tertiary/aromatic N) is 1. The highest BCUT2D eigenvalue weighted by atomic mass is 15.2. The zero-order valence-corrected chi connectivity index (χ0v) is 11.0. The second kappa shape index (κ2) is 5.54. The zero-order chi connectivity index (χ0) is 12.3. The maximum absolute atomic E-state index is 6.04. The summed E-state index contributed by atoms with van der Waals surface area (Å²) in [5.74, 6) is 0. The van der Waals surface area contributed by atoms with Gasteiger partial charge in [0, 0.05) is 24.3 Å². The Kier molecular flexibility index (Phi) is 4.06. The van der Waals surface area contributed by atoms with Crippen molar-refractivity contribution in [3.8, 4) is 0 Å². The van der Waals surface area contributed by atoms with Crippen molar-refractivity contribution in [2.75, 3.05) is 11.4 Å². The van der Waals surface area contributed by atoms with Gasteiger partial charge in [-0.15, -0.1) is 0 Å². The smallest absolute Gasteiger partial charge is 0.0368 e. The van der Waals surface area contributed by atoms with Gasteiger partial charge < -0.3 is 10.6 Å². The third-order valence-corrected chi connectivity index (χ3v) is 3.94. The number of rotatable bonds is 4. The minimum Gasteiger partial charge on any atom is -0.369 e. The standard InChI is InChI=1S/C15H24N2/c1-3-13-6-5-11-17(13)14-9-7-12(8-10-14)15(16)4-2/h7-10,13,15H,3-6,11,16H2,1-2H3/t13?,15-/m1/s1. The minimum atomic E-state index is 0.185. The van der Waals surface area contributed by atoms with E-state index in [9.17, 15) is 0 Å². The van der Waals surface area contributed by atoms with Gasteiger partial charge in [-0.25, -0.2) is 0 Å². The minimum absolute atomic E-state index is 0.185. The number of benzene rings is 1. The van der Waals surface area contributed by atoms with E-state index in [1.165, 1.54) is 37.1 Å². The fraction of sp³-hybridized carbons (Fsp3) is 0.600. The van der Waals surface area contributed by atoms with Crippen LogP contribution in [-0.4, -0.2) is 12.6 Å². The molecule has 1 aliphatic rings. The first-order chi connectivity index (χ1) is 8.26. The summed E-state index contributed by atoms with van der Waals surface area (Å²) in [4.78, 5) is 2.54. The number of nitrogens with two attached hydrogens (primary N) is 1. The van der Waals surface area contributed by atoms with Crippen LogP contribution in [0.3, 0.4) is 0 Å². The highest BCUT2D eigenvalue weighted by molar-refractivity contribution is 5.49. The van der Waals surface area contributed by atoms with Gasteiger partial charge in [0.2, 0.25) is 0 Å². The normalized spacial score (nSPS) is 21.8. The lowest BCUT2D eigenvalue weighted by Gasteiger charge is -2.26. The molecule has 2 nitrogen and oxygen atoms in total. The van der Waals surface area contributed by atoms with E-state index in [2.05, 4.69) is 43.0 Å². The van der Waals surface area contributed by atoms with E-state index in [1.807, 2.05) is 0 Å². The average Bonchev–Trinajstić information content (AvgIpc) is 2.86. The molecule has 94 valence electrons. The third kappa shape index (κ3) is 2.63. The van der Waals surface area contributed by atoms with Crippen LogP contribution in [0.1, 0.15) is 51.1 Å². The maximum atomic E-state index is 6.04. The first-order valence-electron chi connectivity index (χ1n) is 6.88. The Bertz CT molecular complexity index is 344. The van der Waals surface area contributed by atoms with Crippen molar-refractivity contribution >= 4 is 5.69 Å². The summed E-state index contributed by atoms with van der Waals surface area (Å²) in [6.45, 7) is 5.62. The predicted molar refractivity (Wildman–Crippen MR) is 74.3 cm³/mol. The Balaban J connectivity index is 2.12. The van der Waals surface area contributed by atoms with Crippen LogP contribution in [0.15, 0.2) is 24.3 Å². The molecule has 2 rings (SSSR count). The lowest BCUT2D eigenvalue weighted by molar-refractivity contribution is 0.645. The first kappa shape index (κ1) is 12.4. The summed E-state index contributed by atoms with van der Waals surface area (Å²) in [6, 6.07) is 9.77. The molecule has 17 heavy (non-hydrogen) atoms. The summed E-state index contributed by atoms with van der Waals surface area (Å²) in [5, 5.41) is 0. The summed E-state index contributed by atoms with van der Waals surface area (Å²) >= 11 is 0. The number of hydrogen-bond donors (Lipinski definition) is 1. The molecule has 0 aromatic heterocycles. The van der Waals surface area contributed by atoms with Crippen molar-refractivity contribution in [1.29, 1.82) is 0 Å². The molecular weight excluding hydrogens is 208 g/mol. The van der Waals surface area contributed by atoms with Gasteiger partial charge in [-0.2, -0.15) is 0 Å². The topological polar surface area (TPSA) is 29.3 Å². The molecule has 1 aromatic carbocycles. The molecular formula is C15H24N2. The largest absolute Gasteiger partial charge is 0.369 e. The molecule has 0 amide bonds. The SMILES string of the molecule is CCC1CCCN1c1ccc([C@H](N)CC)cc1. The summed E-state index contributed by atoms with van der Waals surface area (Å²) in [5.41, 5.74) is 8.65. The average molecular weight is 232 g/mol. The van der Waals surface area contributed by atoms with Crippen molar-refractivity contribution in [2.45, 2.75) is 51.6 Å². The van der Waals surface area contributed by atoms with Gasteiger partial charge in [-0.3, -0.25) is 0 Å². The van der Waals surface area contributed by atoms with E-state index in [1.54, 1.807) is 0 Å². The molecule has 0 saturated carbocycles. The molecule has 0 bridgehead atoms. The van der Waals surface area contributed by atoms with Gasteiger partial charge in [0.05, 0.1) is 0 Å². The molecule has 0 radical (unpaired) electrons. The third-order valence-electron chi connectivity index (χ3n) is 3.94. The van der Waals surface area contributed by atoms with Crippen LogP contribution in [0.2, 0.25) is 0 Å². The van der Waals surface area contributed by atoms with Crippen molar-refractivity contribution in [3.63, 3.8) is 0 Å². The van der Waals surface area contributed by atoms with E-state index >= 15 is 0 Å². The molecule has 1 unspecified atom stereocenters. The second-order valence-corrected chi connectivity index (χ2v) is 5.00. The van der Waals surface area contributed by atoms with E-state index in [4.69, 9.17) is 5.73 Å². The highest BCUT2D eigenvalue weighted by Gasteiger charge is 2.22. The predicted octanol–water partition coefficient (Wildman–Crippen LogP) is 3.48. The van der Waals surface area contributed by atoms with E-state index in [0.717, 1.165) is 12.5 Å². The van der Waals surface area contributed by atoms with Crippen molar-refractivity contribution in [2.24, 2.45) is 5.73 Å². The first-order valence-corrected chi connectivity index (χ1v) is 6.88. The Morgan fingerprint density at radius 2 is 2.00 bits per heavy atom. The van der Waals surface area contributed by atoms with Gasteiger partial charge in [-0.05, 0) is 43.4 Å². The van der Waals surface area contributed by atoms with E-state index < -0.39 is 0 Å². The zero-order valence-electron chi connectivity index (χ0n) is 11.0. The summed E-state index contributed by atoms with van der Waals surface area (Å²) < 4.78 is 0. The molecule has 2 N–H and O–H groups in total. The lowest BCUT2D eigenvalue weighted by Crippen LogP contribution is -2.28. The van der Waals surface area contributed by atoms with E-state index in [0.29, 0.717) is 0 Å². The van der Waals surface area contributed by atoms with Crippen LogP contribution >= 0.6 is 0 Å². The lowest BCUT2D eigenvalue weighted by atomic mass is 10.0. The Morgan fingerprint density at radius 1 is 1.29 bits per heavy atom. The highest BCUT2D eigenvalue weighted by Crippen LogP contribution is 2.28. The molecule has 1 heterocycles. The Morgan fingerprint density at radius 3 is 2.59 bits per heavy atom. The Hall–Kier alpha value is -1.02. The van der Waals surface area contributed by atoms with Crippen LogP contribution in [0, 0.1) is 0 Å². The van der Waals surface area contributed by atoms with Gasteiger partial charge in [-0.1, -0.05) is 26.0 Å². The van der Waals surface area contributed by atoms with Crippen LogP contribution in [0.4, 0.5) is 5.69 Å². The van der Waals surface area contributed by atoms with Crippen LogP contribution in [0.5, 0.6) is 0 Å². The molecule has 1 fully saturated rings. The quantitative estimate of drug-likeness (QED) is 0.861. The molecule has 1 aliphatic heterocycles. The van der Waals surface area contributed by atoms with Crippen molar-refractivity contribution in [3.05, 3.63) is 29.8 Å². The van der Waals surface area contributed by atoms with Crippen molar-refractivity contribution < 1.29 is 0 Å². The summed E-state index contributed by atoms with van der Waals surface area (Å²) in [7, 11) is 0. The second-order valence-electron chi connectivity index (χ2n) is 5.00. The summed E-state index contributed by atoms with van der Waals surface area (Å²) in [6.07, 6.45) is 4.92. The van der Waals surface area contributed by atoms with Gasteiger partial charge >= 0.3 is 0 Å². The van der Waals surface area contributed by atoms with E-state index in [-0.39, 0.29) is 6.04 Å². The van der Waals surface area contributed by atoms with Gasteiger partial charge in [0.25, 0.3) is 0 Å². The van der Waals surface area contributed by atoms with Crippen LogP contribution in [0.25, 0.3) is 0 Å². The fourth-order valence-corrected chi connectivity index (χ4v) is 2.75. The monoisotopic (exact) mass is 232 g/mol. The van der Waals surface area contributed by atoms with Crippen LogP contribution < -0.4 is 10.6 Å². The van der Waals surface area contributed by atoms with Gasteiger partial charge in [0.1, 0.15) is 0 Å². The Labute approximate surface area is 105 Å². The molecule has 1 aromatic rings.